The Labute approximate surface area is 146 Å². The predicted octanol–water partition coefficient (Wildman–Crippen LogP) is 3.60. The molecule has 1 aromatic rings. The van der Waals surface area contributed by atoms with Crippen molar-refractivity contribution in [3.8, 4) is 0 Å². The van der Waals surface area contributed by atoms with Crippen molar-refractivity contribution in [3.05, 3.63) is 28.2 Å². The van der Waals surface area contributed by atoms with Gasteiger partial charge in [0.15, 0.2) is 0 Å². The third-order valence-corrected chi connectivity index (χ3v) is 5.26. The maximum Gasteiger partial charge on any atom is 0.228 e. The number of piperidine rings is 1. The Balaban J connectivity index is 1.76. The summed E-state index contributed by atoms with van der Waals surface area (Å²) in [7, 11) is 0. The van der Waals surface area contributed by atoms with E-state index in [1.807, 2.05) is 4.90 Å². The van der Waals surface area contributed by atoms with E-state index in [0.717, 1.165) is 25.9 Å². The van der Waals surface area contributed by atoms with E-state index >= 15 is 0 Å². The van der Waals surface area contributed by atoms with Crippen LogP contribution < -0.4 is 4.90 Å². The van der Waals surface area contributed by atoms with Gasteiger partial charge in [0.25, 0.3) is 0 Å². The van der Waals surface area contributed by atoms with Crippen LogP contribution in [-0.2, 0) is 9.59 Å². The van der Waals surface area contributed by atoms with Gasteiger partial charge >= 0.3 is 0 Å². The van der Waals surface area contributed by atoms with Gasteiger partial charge in [0, 0.05) is 26.1 Å². The van der Waals surface area contributed by atoms with Gasteiger partial charge in [-0.15, -0.1) is 0 Å². The Morgan fingerprint density at radius 3 is 2.57 bits per heavy atom. The average Bonchev–Trinajstić information content (AvgIpc) is 2.88. The molecule has 2 atom stereocenters. The third kappa shape index (κ3) is 3.33. The van der Waals surface area contributed by atoms with E-state index in [-0.39, 0.29) is 24.2 Å². The average molecular weight is 355 g/mol. The quantitative estimate of drug-likeness (QED) is 0.813. The van der Waals surface area contributed by atoms with Gasteiger partial charge in [0.2, 0.25) is 11.8 Å². The molecule has 124 valence electrons. The van der Waals surface area contributed by atoms with Crippen LogP contribution >= 0.6 is 23.2 Å². The highest BCUT2D eigenvalue weighted by atomic mass is 35.5. The van der Waals surface area contributed by atoms with Crippen LogP contribution in [-0.4, -0.2) is 36.3 Å². The zero-order valence-corrected chi connectivity index (χ0v) is 14.6. The maximum absolute atomic E-state index is 12.7. The van der Waals surface area contributed by atoms with E-state index in [1.165, 1.54) is 0 Å². The summed E-state index contributed by atoms with van der Waals surface area (Å²) in [5.74, 6) is 0.207. The van der Waals surface area contributed by atoms with Crippen molar-refractivity contribution in [3.63, 3.8) is 0 Å². The molecule has 2 fully saturated rings. The summed E-state index contributed by atoms with van der Waals surface area (Å²) in [6, 6.07) is 5.15. The van der Waals surface area contributed by atoms with Crippen molar-refractivity contribution in [2.45, 2.75) is 26.2 Å². The summed E-state index contributed by atoms with van der Waals surface area (Å²) in [6.45, 7) is 4.10. The summed E-state index contributed by atoms with van der Waals surface area (Å²) >= 11 is 12.4. The van der Waals surface area contributed by atoms with Crippen LogP contribution in [0.4, 0.5) is 5.69 Å². The van der Waals surface area contributed by atoms with Gasteiger partial charge < -0.3 is 9.80 Å². The second-order valence-electron chi connectivity index (χ2n) is 6.51. The fraction of sp³-hybridized carbons (Fsp3) is 0.529. The second kappa shape index (κ2) is 6.70. The van der Waals surface area contributed by atoms with E-state index < -0.39 is 0 Å². The number of hydrogen-bond donors (Lipinski definition) is 0. The Hall–Kier alpha value is -1.26. The summed E-state index contributed by atoms with van der Waals surface area (Å²) in [5.41, 5.74) is 0.517. The lowest BCUT2D eigenvalue weighted by Gasteiger charge is -2.32. The van der Waals surface area contributed by atoms with Gasteiger partial charge in [0.05, 0.1) is 21.7 Å². The molecule has 0 spiro atoms. The SMILES string of the molecule is CC1CCCN(C(=O)C2CC(=O)N(c3c(Cl)cccc3Cl)C2)C1. The molecule has 2 heterocycles. The standard InChI is InChI=1S/C17H20Cl2N2O2/c1-11-4-3-7-20(9-11)17(23)12-8-15(22)21(10-12)16-13(18)5-2-6-14(16)19/h2,5-6,11-12H,3-4,7-10H2,1H3. The molecular formula is C17H20Cl2N2O2. The minimum atomic E-state index is -0.305. The summed E-state index contributed by atoms with van der Waals surface area (Å²) in [4.78, 5) is 28.6. The number of halogens is 2. The van der Waals surface area contributed by atoms with Crippen LogP contribution in [0.2, 0.25) is 10.0 Å². The topological polar surface area (TPSA) is 40.6 Å². The van der Waals surface area contributed by atoms with Crippen molar-refractivity contribution in [2.75, 3.05) is 24.5 Å². The molecule has 0 radical (unpaired) electrons. The monoisotopic (exact) mass is 354 g/mol. The zero-order valence-electron chi connectivity index (χ0n) is 13.1. The number of benzene rings is 1. The molecule has 2 amide bonds. The Morgan fingerprint density at radius 2 is 1.91 bits per heavy atom. The molecule has 3 rings (SSSR count). The number of hydrogen-bond acceptors (Lipinski definition) is 2. The minimum Gasteiger partial charge on any atom is -0.342 e. The first-order chi connectivity index (χ1) is 11.0. The zero-order chi connectivity index (χ0) is 16.6. The van der Waals surface area contributed by atoms with Gasteiger partial charge in [-0.1, -0.05) is 36.2 Å². The molecule has 6 heteroatoms. The van der Waals surface area contributed by atoms with E-state index in [1.54, 1.807) is 23.1 Å². The first kappa shape index (κ1) is 16.6. The van der Waals surface area contributed by atoms with Crippen molar-refractivity contribution in [2.24, 2.45) is 11.8 Å². The Morgan fingerprint density at radius 1 is 1.22 bits per heavy atom. The molecule has 1 aromatic carbocycles. The van der Waals surface area contributed by atoms with Gasteiger partial charge in [-0.3, -0.25) is 9.59 Å². The number of likely N-dealkylation sites (tertiary alicyclic amines) is 1. The van der Waals surface area contributed by atoms with Crippen LogP contribution in [0.5, 0.6) is 0 Å². The number of carbonyl (C=O) groups excluding carboxylic acids is 2. The van der Waals surface area contributed by atoms with Crippen LogP contribution in [0, 0.1) is 11.8 Å². The predicted molar refractivity (Wildman–Crippen MR) is 91.9 cm³/mol. The van der Waals surface area contributed by atoms with Gasteiger partial charge in [0.1, 0.15) is 0 Å². The molecular weight excluding hydrogens is 335 g/mol. The Kier molecular flexibility index (Phi) is 4.83. The smallest absolute Gasteiger partial charge is 0.228 e. The molecule has 0 saturated carbocycles. The summed E-state index contributed by atoms with van der Waals surface area (Å²) in [6.07, 6.45) is 2.42. The first-order valence-corrected chi connectivity index (χ1v) is 8.76. The van der Waals surface area contributed by atoms with Crippen LogP contribution in [0.3, 0.4) is 0 Å². The molecule has 2 aliphatic rings. The first-order valence-electron chi connectivity index (χ1n) is 8.00. The molecule has 0 aromatic heterocycles. The molecule has 0 bridgehead atoms. The lowest BCUT2D eigenvalue weighted by atomic mass is 9.98. The molecule has 0 aliphatic carbocycles. The highest BCUT2D eigenvalue weighted by molar-refractivity contribution is 6.40. The van der Waals surface area contributed by atoms with Gasteiger partial charge in [-0.2, -0.15) is 0 Å². The number of carbonyl (C=O) groups is 2. The lowest BCUT2D eigenvalue weighted by molar-refractivity contribution is -0.137. The lowest BCUT2D eigenvalue weighted by Crippen LogP contribution is -2.43. The summed E-state index contributed by atoms with van der Waals surface area (Å²) in [5, 5.41) is 0.871. The van der Waals surface area contributed by atoms with Crippen molar-refractivity contribution >= 4 is 40.7 Å². The normalized spacial score (nSPS) is 25.1. The highest BCUT2D eigenvalue weighted by Crippen LogP contribution is 2.37. The van der Waals surface area contributed by atoms with Gasteiger partial charge in [-0.25, -0.2) is 0 Å². The second-order valence-corrected chi connectivity index (χ2v) is 7.32. The van der Waals surface area contributed by atoms with E-state index in [9.17, 15) is 9.59 Å². The van der Waals surface area contributed by atoms with Gasteiger partial charge in [-0.05, 0) is 30.9 Å². The number of anilines is 1. The van der Waals surface area contributed by atoms with Crippen molar-refractivity contribution in [1.82, 2.24) is 4.90 Å². The third-order valence-electron chi connectivity index (χ3n) is 4.65. The number of amides is 2. The van der Waals surface area contributed by atoms with E-state index in [0.29, 0.717) is 28.2 Å². The van der Waals surface area contributed by atoms with E-state index in [4.69, 9.17) is 23.2 Å². The Bertz CT molecular complexity index is 615. The van der Waals surface area contributed by atoms with Crippen LogP contribution in [0.1, 0.15) is 26.2 Å². The van der Waals surface area contributed by atoms with Crippen LogP contribution in [0.25, 0.3) is 0 Å². The maximum atomic E-state index is 12.7. The molecule has 0 N–H and O–H groups in total. The minimum absolute atomic E-state index is 0.0792. The number of para-hydroxylation sites is 1. The van der Waals surface area contributed by atoms with Crippen LogP contribution in [0.15, 0.2) is 18.2 Å². The number of nitrogens with zero attached hydrogens (tertiary/aromatic N) is 2. The molecule has 23 heavy (non-hydrogen) atoms. The van der Waals surface area contributed by atoms with Crippen molar-refractivity contribution < 1.29 is 9.59 Å². The number of rotatable bonds is 2. The highest BCUT2D eigenvalue weighted by Gasteiger charge is 2.39. The molecule has 4 nitrogen and oxygen atoms in total. The summed E-state index contributed by atoms with van der Waals surface area (Å²) < 4.78 is 0. The van der Waals surface area contributed by atoms with Crippen molar-refractivity contribution in [1.29, 1.82) is 0 Å². The molecule has 2 aliphatic heterocycles. The van der Waals surface area contributed by atoms with E-state index in [2.05, 4.69) is 6.92 Å². The fourth-order valence-corrected chi connectivity index (χ4v) is 4.09. The molecule has 2 saturated heterocycles. The fourth-order valence-electron chi connectivity index (χ4n) is 3.48. The largest absolute Gasteiger partial charge is 0.342 e. The molecule has 2 unspecified atom stereocenters.